The second kappa shape index (κ2) is 11.6. The number of anilines is 2. The van der Waals surface area contributed by atoms with Crippen LogP contribution >= 0.6 is 0 Å². The first-order valence-electron chi connectivity index (χ1n) is 14.0. The summed E-state index contributed by atoms with van der Waals surface area (Å²) < 4.78 is 5.49. The second-order valence-corrected chi connectivity index (χ2v) is 11.8. The maximum Gasteiger partial charge on any atom is 0.410 e. The molecule has 1 aromatic carbocycles. The quantitative estimate of drug-likeness (QED) is 0.512. The number of nitriles is 1. The van der Waals surface area contributed by atoms with Gasteiger partial charge >= 0.3 is 6.09 Å². The standard InChI is InChI=1S/C30H38N8O2/c1-21-14-24(20-38(19-21)26-8-7-23(15-31)27-25(26)6-5-9-32-27)33-16-22-17-34-28(35-18-22)36-10-12-37(13-11-36)29(39)40-30(2,3)4/h5-9,17-18,21,24,33H,10-14,16,19-20H2,1-4H3/t21-,24+/m0/s1. The van der Waals surface area contributed by atoms with Gasteiger partial charge < -0.3 is 24.8 Å². The summed E-state index contributed by atoms with van der Waals surface area (Å²) in [6, 6.07) is 10.5. The van der Waals surface area contributed by atoms with Gasteiger partial charge in [-0.05, 0) is 57.4 Å². The fraction of sp³-hybridized carbons (Fsp3) is 0.500. The molecular weight excluding hydrogens is 504 g/mol. The first-order valence-corrected chi connectivity index (χ1v) is 14.0. The molecule has 2 fully saturated rings. The van der Waals surface area contributed by atoms with Crippen LogP contribution in [0.25, 0.3) is 10.9 Å². The molecule has 0 unspecified atom stereocenters. The van der Waals surface area contributed by atoms with E-state index in [-0.39, 0.29) is 6.09 Å². The molecule has 1 N–H and O–H groups in total. The summed E-state index contributed by atoms with van der Waals surface area (Å²) in [6.45, 7) is 13.0. The van der Waals surface area contributed by atoms with E-state index in [4.69, 9.17) is 4.74 Å². The third-order valence-electron chi connectivity index (χ3n) is 7.37. The molecule has 2 aliphatic heterocycles. The zero-order valence-electron chi connectivity index (χ0n) is 23.8. The number of amides is 1. The largest absolute Gasteiger partial charge is 0.444 e. The Morgan fingerprint density at radius 3 is 2.52 bits per heavy atom. The molecule has 1 amide bonds. The number of ether oxygens (including phenoxy) is 1. The number of nitrogens with zero attached hydrogens (tertiary/aromatic N) is 7. The molecule has 2 aliphatic rings. The summed E-state index contributed by atoms with van der Waals surface area (Å²) in [5.74, 6) is 1.21. The minimum atomic E-state index is -0.495. The van der Waals surface area contributed by atoms with E-state index >= 15 is 0 Å². The number of benzene rings is 1. The Morgan fingerprint density at radius 1 is 1.07 bits per heavy atom. The highest BCUT2D eigenvalue weighted by Crippen LogP contribution is 2.31. The fourth-order valence-electron chi connectivity index (χ4n) is 5.50. The van der Waals surface area contributed by atoms with E-state index in [1.54, 1.807) is 11.1 Å². The first kappa shape index (κ1) is 27.6. The molecule has 4 heterocycles. The summed E-state index contributed by atoms with van der Waals surface area (Å²) in [6.07, 6.45) is 6.34. The number of piperidine rings is 1. The Bertz CT molecular complexity index is 1370. The highest BCUT2D eigenvalue weighted by molar-refractivity contribution is 5.95. The molecule has 0 bridgehead atoms. The van der Waals surface area contributed by atoms with Crippen molar-refractivity contribution < 1.29 is 9.53 Å². The van der Waals surface area contributed by atoms with Crippen molar-refractivity contribution in [2.24, 2.45) is 5.92 Å². The van der Waals surface area contributed by atoms with E-state index < -0.39 is 5.60 Å². The SMILES string of the molecule is C[C@H]1C[C@@H](NCc2cnc(N3CCN(C(=O)OC(C)(C)C)CC3)nc2)CN(c2ccc(C#N)c3ncccc23)C1. The molecule has 10 heteroatoms. The predicted octanol–water partition coefficient (Wildman–Crippen LogP) is 3.96. The lowest BCUT2D eigenvalue weighted by Crippen LogP contribution is -2.50. The van der Waals surface area contributed by atoms with Crippen LogP contribution < -0.4 is 15.1 Å². The predicted molar refractivity (Wildman–Crippen MR) is 155 cm³/mol. The van der Waals surface area contributed by atoms with Gasteiger partial charge in [0.05, 0.1) is 11.1 Å². The summed E-state index contributed by atoms with van der Waals surface area (Å²) in [5, 5.41) is 14.2. The Kier molecular flexibility index (Phi) is 8.03. The van der Waals surface area contributed by atoms with Crippen molar-refractivity contribution in [3.05, 3.63) is 54.0 Å². The third-order valence-corrected chi connectivity index (χ3v) is 7.37. The number of pyridine rings is 1. The van der Waals surface area contributed by atoms with E-state index in [1.165, 1.54) is 0 Å². The second-order valence-electron chi connectivity index (χ2n) is 11.8. The number of fused-ring (bicyclic) bond motifs is 1. The van der Waals surface area contributed by atoms with Gasteiger partial charge in [0.15, 0.2) is 0 Å². The van der Waals surface area contributed by atoms with E-state index in [1.807, 2.05) is 45.3 Å². The van der Waals surface area contributed by atoms with Gasteiger partial charge in [0.1, 0.15) is 11.7 Å². The number of rotatable bonds is 5. The molecule has 40 heavy (non-hydrogen) atoms. The number of carbonyl (C=O) groups is 1. The zero-order chi connectivity index (χ0) is 28.3. The maximum absolute atomic E-state index is 12.3. The highest BCUT2D eigenvalue weighted by atomic mass is 16.6. The van der Waals surface area contributed by atoms with Crippen molar-refractivity contribution in [1.29, 1.82) is 5.26 Å². The number of aromatic nitrogens is 3. The third kappa shape index (κ3) is 6.42. The average Bonchev–Trinajstić information content (AvgIpc) is 2.94. The Balaban J connectivity index is 1.16. The van der Waals surface area contributed by atoms with Crippen LogP contribution in [0.1, 0.15) is 45.2 Å². The van der Waals surface area contributed by atoms with Crippen molar-refractivity contribution in [2.45, 2.75) is 52.3 Å². The zero-order valence-corrected chi connectivity index (χ0v) is 23.8. The van der Waals surface area contributed by atoms with Crippen molar-refractivity contribution >= 4 is 28.6 Å². The molecule has 3 aromatic rings. The number of nitrogens with one attached hydrogen (secondary N) is 1. The van der Waals surface area contributed by atoms with E-state index in [0.717, 1.165) is 41.7 Å². The van der Waals surface area contributed by atoms with Crippen molar-refractivity contribution in [1.82, 2.24) is 25.2 Å². The Morgan fingerprint density at radius 2 is 1.82 bits per heavy atom. The average molecular weight is 543 g/mol. The van der Waals surface area contributed by atoms with Crippen molar-refractivity contribution in [3.63, 3.8) is 0 Å². The van der Waals surface area contributed by atoms with Gasteiger partial charge in [-0.3, -0.25) is 4.98 Å². The van der Waals surface area contributed by atoms with Gasteiger partial charge in [0, 0.05) is 87.1 Å². The summed E-state index contributed by atoms with van der Waals surface area (Å²) >= 11 is 0. The molecule has 0 aliphatic carbocycles. The number of piperazine rings is 1. The van der Waals surface area contributed by atoms with Gasteiger partial charge in [-0.1, -0.05) is 6.92 Å². The van der Waals surface area contributed by atoms with Gasteiger partial charge in [0.25, 0.3) is 0 Å². The lowest BCUT2D eigenvalue weighted by molar-refractivity contribution is 0.0240. The lowest BCUT2D eigenvalue weighted by atomic mass is 9.94. The molecular formula is C30H38N8O2. The number of hydrogen-bond acceptors (Lipinski definition) is 9. The van der Waals surface area contributed by atoms with E-state index in [2.05, 4.69) is 55.2 Å². The normalized spacial score (nSPS) is 19.9. The molecule has 2 atom stereocenters. The van der Waals surface area contributed by atoms with E-state index in [9.17, 15) is 10.1 Å². The van der Waals surface area contributed by atoms with Crippen LogP contribution in [-0.4, -0.2) is 76.9 Å². The summed E-state index contributed by atoms with van der Waals surface area (Å²) in [4.78, 5) is 32.3. The van der Waals surface area contributed by atoms with Crippen LogP contribution in [0.2, 0.25) is 0 Å². The molecule has 210 valence electrons. The molecule has 0 saturated carbocycles. The Labute approximate surface area is 236 Å². The van der Waals surface area contributed by atoms with Gasteiger partial charge in [-0.15, -0.1) is 0 Å². The smallest absolute Gasteiger partial charge is 0.410 e. The van der Waals surface area contributed by atoms with Crippen LogP contribution in [0.5, 0.6) is 0 Å². The van der Waals surface area contributed by atoms with Crippen LogP contribution in [0.3, 0.4) is 0 Å². The summed E-state index contributed by atoms with van der Waals surface area (Å²) in [5.41, 5.74) is 3.03. The van der Waals surface area contributed by atoms with Gasteiger partial charge in [0.2, 0.25) is 5.95 Å². The number of carbonyl (C=O) groups excluding carboxylic acids is 1. The van der Waals surface area contributed by atoms with E-state index in [0.29, 0.717) is 56.2 Å². The topological polar surface area (TPSA) is 111 Å². The molecule has 10 nitrogen and oxygen atoms in total. The molecule has 0 spiro atoms. The van der Waals surface area contributed by atoms with Crippen LogP contribution in [0, 0.1) is 17.2 Å². The Hall–Kier alpha value is -3.97. The number of hydrogen-bond donors (Lipinski definition) is 1. The van der Waals surface area contributed by atoms with Crippen LogP contribution in [0.15, 0.2) is 42.9 Å². The monoisotopic (exact) mass is 542 g/mol. The van der Waals surface area contributed by atoms with Crippen LogP contribution in [-0.2, 0) is 11.3 Å². The fourth-order valence-corrected chi connectivity index (χ4v) is 5.50. The minimum Gasteiger partial charge on any atom is -0.444 e. The van der Waals surface area contributed by atoms with Crippen molar-refractivity contribution in [2.75, 3.05) is 49.1 Å². The van der Waals surface area contributed by atoms with Crippen LogP contribution in [0.4, 0.5) is 16.4 Å². The summed E-state index contributed by atoms with van der Waals surface area (Å²) in [7, 11) is 0. The first-order chi connectivity index (χ1) is 19.2. The molecule has 0 radical (unpaired) electrons. The molecule has 5 rings (SSSR count). The van der Waals surface area contributed by atoms with Gasteiger partial charge in [-0.2, -0.15) is 5.26 Å². The maximum atomic E-state index is 12.3. The molecule has 2 aromatic heterocycles. The highest BCUT2D eigenvalue weighted by Gasteiger charge is 2.28. The lowest BCUT2D eigenvalue weighted by Gasteiger charge is -2.39. The van der Waals surface area contributed by atoms with Gasteiger partial charge in [-0.25, -0.2) is 14.8 Å². The van der Waals surface area contributed by atoms with Crippen molar-refractivity contribution in [3.8, 4) is 6.07 Å². The molecule has 2 saturated heterocycles. The minimum absolute atomic E-state index is 0.269.